The van der Waals surface area contributed by atoms with Crippen LogP contribution in [-0.4, -0.2) is 29.2 Å². The van der Waals surface area contributed by atoms with Gasteiger partial charge in [0.2, 0.25) is 0 Å². The average molecular weight is 452 g/mol. The zero-order valence-electron chi connectivity index (χ0n) is 18.2. The predicted molar refractivity (Wildman–Crippen MR) is 114 cm³/mol. The van der Waals surface area contributed by atoms with E-state index in [2.05, 4.69) is 9.97 Å². The van der Waals surface area contributed by atoms with Crippen molar-refractivity contribution in [2.45, 2.75) is 76.2 Å². The molecule has 2 aliphatic carbocycles. The number of hydrogen-bond donors (Lipinski definition) is 0. The minimum atomic E-state index is -4.37. The number of aryl methyl sites for hydroxylation is 1. The predicted octanol–water partition coefficient (Wildman–Crippen LogP) is 5.94. The number of halogens is 4. The molecule has 2 aromatic rings. The summed E-state index contributed by atoms with van der Waals surface area (Å²) >= 11 is 0. The Kier molecular flexibility index (Phi) is 6.98. The van der Waals surface area contributed by atoms with Gasteiger partial charge >= 0.3 is 6.18 Å². The molecule has 1 aromatic heterocycles. The highest BCUT2D eigenvalue weighted by Gasteiger charge is 2.34. The SMILES string of the molecule is COC1CCCCC1CCc1ncnc(N(Cc2ccc(C(F)(F)F)cc2)C2CC2)c1F. The number of benzene rings is 1. The van der Waals surface area contributed by atoms with Crippen molar-refractivity contribution in [3.63, 3.8) is 0 Å². The smallest absolute Gasteiger partial charge is 0.381 e. The topological polar surface area (TPSA) is 38.3 Å². The molecule has 4 nitrogen and oxygen atoms in total. The van der Waals surface area contributed by atoms with Crippen molar-refractivity contribution >= 4 is 5.82 Å². The van der Waals surface area contributed by atoms with E-state index in [1.807, 2.05) is 4.90 Å². The van der Waals surface area contributed by atoms with Gasteiger partial charge in [0.25, 0.3) is 0 Å². The van der Waals surface area contributed by atoms with Gasteiger partial charge in [-0.15, -0.1) is 0 Å². The Balaban J connectivity index is 1.48. The summed E-state index contributed by atoms with van der Waals surface area (Å²) in [6, 6.07) is 5.18. The Morgan fingerprint density at radius 2 is 1.75 bits per heavy atom. The van der Waals surface area contributed by atoms with Crippen LogP contribution in [0.1, 0.15) is 61.8 Å². The van der Waals surface area contributed by atoms with Gasteiger partial charge in [0.15, 0.2) is 11.6 Å². The van der Waals surface area contributed by atoms with Crippen LogP contribution in [0.25, 0.3) is 0 Å². The molecule has 0 spiro atoms. The first-order valence-electron chi connectivity index (χ1n) is 11.3. The molecule has 4 rings (SSSR count). The fourth-order valence-corrected chi connectivity index (χ4v) is 4.67. The second-order valence-corrected chi connectivity index (χ2v) is 8.87. The summed E-state index contributed by atoms with van der Waals surface area (Å²) < 4.78 is 59.6. The van der Waals surface area contributed by atoms with Crippen LogP contribution in [0.5, 0.6) is 0 Å². The van der Waals surface area contributed by atoms with Gasteiger partial charge in [-0.3, -0.25) is 0 Å². The van der Waals surface area contributed by atoms with E-state index in [0.717, 1.165) is 44.2 Å². The third kappa shape index (κ3) is 5.39. The molecule has 2 atom stereocenters. The Hall–Kier alpha value is -2.22. The third-order valence-corrected chi connectivity index (χ3v) is 6.63. The minimum Gasteiger partial charge on any atom is -0.381 e. The van der Waals surface area contributed by atoms with E-state index in [4.69, 9.17) is 4.74 Å². The molecule has 1 heterocycles. The molecule has 2 unspecified atom stereocenters. The zero-order valence-corrected chi connectivity index (χ0v) is 18.2. The van der Waals surface area contributed by atoms with Crippen molar-refractivity contribution in [3.05, 3.63) is 53.2 Å². The first kappa shape index (κ1) is 23.0. The van der Waals surface area contributed by atoms with E-state index < -0.39 is 17.6 Å². The molecule has 0 radical (unpaired) electrons. The van der Waals surface area contributed by atoms with Gasteiger partial charge in [-0.2, -0.15) is 13.2 Å². The molecule has 2 saturated carbocycles. The first-order valence-corrected chi connectivity index (χ1v) is 11.3. The Labute approximate surface area is 186 Å². The van der Waals surface area contributed by atoms with Crippen molar-refractivity contribution in [3.8, 4) is 0 Å². The highest BCUT2D eigenvalue weighted by molar-refractivity contribution is 5.45. The van der Waals surface area contributed by atoms with Crippen LogP contribution in [0.3, 0.4) is 0 Å². The summed E-state index contributed by atoms with van der Waals surface area (Å²) in [7, 11) is 1.74. The van der Waals surface area contributed by atoms with Crippen LogP contribution in [0, 0.1) is 11.7 Å². The summed E-state index contributed by atoms with van der Waals surface area (Å²) in [5, 5.41) is 0. The summed E-state index contributed by atoms with van der Waals surface area (Å²) in [6.07, 6.45) is 4.86. The normalized spacial score (nSPS) is 21.5. The van der Waals surface area contributed by atoms with Crippen LogP contribution < -0.4 is 4.90 Å². The highest BCUT2D eigenvalue weighted by atomic mass is 19.4. The zero-order chi connectivity index (χ0) is 22.7. The molecule has 8 heteroatoms. The van der Waals surface area contributed by atoms with E-state index in [1.54, 1.807) is 7.11 Å². The maximum Gasteiger partial charge on any atom is 0.416 e. The van der Waals surface area contributed by atoms with Gasteiger partial charge in [-0.1, -0.05) is 25.0 Å². The van der Waals surface area contributed by atoms with Crippen molar-refractivity contribution in [2.24, 2.45) is 5.92 Å². The Bertz CT molecular complexity index is 899. The van der Waals surface area contributed by atoms with E-state index in [9.17, 15) is 13.2 Å². The highest BCUT2D eigenvalue weighted by Crippen LogP contribution is 2.35. The van der Waals surface area contributed by atoms with Gasteiger partial charge in [-0.05, 0) is 62.1 Å². The Morgan fingerprint density at radius 3 is 2.41 bits per heavy atom. The molecule has 2 fully saturated rings. The van der Waals surface area contributed by atoms with E-state index >= 15 is 4.39 Å². The molecule has 174 valence electrons. The molecular formula is C24H29F4N3O. The number of rotatable bonds is 8. The quantitative estimate of drug-likeness (QED) is 0.466. The van der Waals surface area contributed by atoms with Crippen molar-refractivity contribution in [1.29, 1.82) is 0 Å². The largest absolute Gasteiger partial charge is 0.416 e. The lowest BCUT2D eigenvalue weighted by Gasteiger charge is -2.30. The number of hydrogen-bond acceptors (Lipinski definition) is 4. The molecule has 0 saturated heterocycles. The fraction of sp³-hybridized carbons (Fsp3) is 0.583. The molecule has 0 bridgehead atoms. The van der Waals surface area contributed by atoms with Crippen LogP contribution in [0.4, 0.5) is 23.4 Å². The van der Waals surface area contributed by atoms with E-state index in [0.29, 0.717) is 30.1 Å². The summed E-state index contributed by atoms with van der Waals surface area (Å²) in [6.45, 7) is 0.310. The summed E-state index contributed by atoms with van der Waals surface area (Å²) in [5.41, 5.74) is 0.398. The van der Waals surface area contributed by atoms with Gasteiger partial charge in [0, 0.05) is 19.7 Å². The van der Waals surface area contributed by atoms with Crippen LogP contribution in [0.15, 0.2) is 30.6 Å². The lowest BCUT2D eigenvalue weighted by Crippen LogP contribution is -2.28. The van der Waals surface area contributed by atoms with Crippen molar-refractivity contribution in [2.75, 3.05) is 12.0 Å². The number of alkyl halides is 3. The number of anilines is 1. The maximum absolute atomic E-state index is 15.4. The molecule has 2 aliphatic rings. The van der Waals surface area contributed by atoms with Gasteiger partial charge < -0.3 is 9.64 Å². The fourth-order valence-electron chi connectivity index (χ4n) is 4.67. The molecule has 0 N–H and O–H groups in total. The van der Waals surface area contributed by atoms with E-state index in [-0.39, 0.29) is 18.0 Å². The second-order valence-electron chi connectivity index (χ2n) is 8.87. The van der Waals surface area contributed by atoms with Gasteiger partial charge in [0.1, 0.15) is 6.33 Å². The molecule has 0 aliphatic heterocycles. The van der Waals surface area contributed by atoms with Crippen LogP contribution in [0.2, 0.25) is 0 Å². The molecule has 1 aromatic carbocycles. The van der Waals surface area contributed by atoms with Crippen molar-refractivity contribution < 1.29 is 22.3 Å². The average Bonchev–Trinajstić information content (AvgIpc) is 3.62. The van der Waals surface area contributed by atoms with E-state index in [1.165, 1.54) is 31.3 Å². The second kappa shape index (κ2) is 9.73. The first-order chi connectivity index (χ1) is 15.4. The van der Waals surface area contributed by atoms with Gasteiger partial charge in [0.05, 0.1) is 17.4 Å². The van der Waals surface area contributed by atoms with Crippen LogP contribution in [-0.2, 0) is 23.9 Å². The summed E-state index contributed by atoms with van der Waals surface area (Å²) in [5.74, 6) is 0.221. The minimum absolute atomic E-state index is 0.144. The standard InChI is InChI=1S/C24H29F4N3O/c1-32-21-5-3-2-4-17(21)8-13-20-22(25)23(30-15-29-20)31(19-11-12-19)14-16-6-9-18(10-7-16)24(26,27)28/h6-7,9-10,15,17,19,21H,2-5,8,11-14H2,1H3. The van der Waals surface area contributed by atoms with Crippen molar-refractivity contribution in [1.82, 2.24) is 9.97 Å². The molecule has 0 amide bonds. The monoisotopic (exact) mass is 451 g/mol. The number of aromatic nitrogens is 2. The summed E-state index contributed by atoms with van der Waals surface area (Å²) in [4.78, 5) is 10.3. The maximum atomic E-state index is 15.4. The molecular weight excluding hydrogens is 422 g/mol. The van der Waals surface area contributed by atoms with Crippen LogP contribution >= 0.6 is 0 Å². The third-order valence-electron chi connectivity index (χ3n) is 6.63. The Morgan fingerprint density at radius 1 is 1.03 bits per heavy atom. The number of ether oxygens (including phenoxy) is 1. The number of nitrogens with zero attached hydrogens (tertiary/aromatic N) is 3. The molecule has 32 heavy (non-hydrogen) atoms. The number of methoxy groups -OCH3 is 1. The van der Waals surface area contributed by atoms with Gasteiger partial charge in [-0.25, -0.2) is 14.4 Å². The lowest BCUT2D eigenvalue weighted by molar-refractivity contribution is -0.137. The lowest BCUT2D eigenvalue weighted by atomic mass is 9.83.